The van der Waals surface area contributed by atoms with E-state index in [0.29, 0.717) is 58.5 Å². The summed E-state index contributed by atoms with van der Waals surface area (Å²) < 4.78 is 22.0. The highest BCUT2D eigenvalue weighted by atomic mass is 16.5. The van der Waals surface area contributed by atoms with Gasteiger partial charge in [0.05, 0.1) is 36.1 Å². The third kappa shape index (κ3) is 3.18. The molecule has 0 saturated carbocycles. The van der Waals surface area contributed by atoms with Crippen molar-refractivity contribution >= 4 is 22.7 Å². The predicted octanol–water partition coefficient (Wildman–Crippen LogP) is 4.20. The van der Waals surface area contributed by atoms with Crippen LogP contribution in [0.2, 0.25) is 0 Å². The Hall–Kier alpha value is -3.81. The van der Waals surface area contributed by atoms with Crippen molar-refractivity contribution in [1.82, 2.24) is 10.1 Å². The molecule has 0 saturated heterocycles. The molecule has 0 aliphatic carbocycles. The topological polar surface area (TPSA) is 99.6 Å². The lowest BCUT2D eigenvalue weighted by Gasteiger charge is -2.11. The lowest BCUT2D eigenvalue weighted by Crippen LogP contribution is -2.13. The van der Waals surface area contributed by atoms with E-state index >= 15 is 0 Å². The number of fused-ring (bicyclic) bond motifs is 2. The van der Waals surface area contributed by atoms with Gasteiger partial charge in [0.1, 0.15) is 5.69 Å². The standard InChI is InChI=1S/C21H17N3O5/c1-12-19-14(11-15(16-4-2-7-26-16)23-21(19)29-24-12)20(25)22-13-5-6-17-18(10-13)28-9-3-8-27-17/h2,4-7,10-11H,3,8-9H2,1H3,(H,22,25). The number of amides is 1. The average molecular weight is 391 g/mol. The van der Waals surface area contributed by atoms with Crippen molar-refractivity contribution in [3.05, 3.63) is 53.9 Å². The molecule has 8 nitrogen and oxygen atoms in total. The molecular weight excluding hydrogens is 374 g/mol. The molecule has 1 N–H and O–H groups in total. The van der Waals surface area contributed by atoms with E-state index < -0.39 is 0 Å². The second kappa shape index (κ2) is 6.97. The first-order valence-corrected chi connectivity index (χ1v) is 9.21. The van der Waals surface area contributed by atoms with Crippen molar-refractivity contribution in [1.29, 1.82) is 0 Å². The van der Waals surface area contributed by atoms with Crippen LogP contribution in [0, 0.1) is 6.92 Å². The van der Waals surface area contributed by atoms with Gasteiger partial charge in [0.25, 0.3) is 11.6 Å². The van der Waals surface area contributed by atoms with Crippen LogP contribution in [-0.4, -0.2) is 29.3 Å². The average Bonchev–Trinajstić information content (AvgIpc) is 3.33. The van der Waals surface area contributed by atoms with Gasteiger partial charge in [-0.2, -0.15) is 0 Å². The zero-order valence-electron chi connectivity index (χ0n) is 15.6. The normalized spacial score (nSPS) is 13.3. The lowest BCUT2D eigenvalue weighted by molar-refractivity contribution is 0.102. The van der Waals surface area contributed by atoms with E-state index in [9.17, 15) is 4.79 Å². The number of rotatable bonds is 3. The van der Waals surface area contributed by atoms with E-state index in [1.165, 1.54) is 0 Å². The number of nitrogens with one attached hydrogen (secondary N) is 1. The molecule has 1 amide bonds. The van der Waals surface area contributed by atoms with Crippen LogP contribution < -0.4 is 14.8 Å². The second-order valence-electron chi connectivity index (χ2n) is 6.65. The number of anilines is 1. The summed E-state index contributed by atoms with van der Waals surface area (Å²) in [4.78, 5) is 17.5. The highest BCUT2D eigenvalue weighted by molar-refractivity contribution is 6.13. The number of aryl methyl sites for hydroxylation is 1. The molecule has 0 spiro atoms. The Kier molecular flexibility index (Phi) is 4.16. The summed E-state index contributed by atoms with van der Waals surface area (Å²) in [5, 5.41) is 7.42. The Morgan fingerprint density at radius 2 is 1.97 bits per heavy atom. The first kappa shape index (κ1) is 17.3. The Morgan fingerprint density at radius 3 is 2.79 bits per heavy atom. The first-order chi connectivity index (χ1) is 14.2. The number of carbonyl (C=O) groups excluding carboxylic acids is 1. The molecule has 3 aromatic heterocycles. The number of carbonyl (C=O) groups is 1. The smallest absolute Gasteiger partial charge is 0.259 e. The van der Waals surface area contributed by atoms with Crippen molar-refractivity contribution in [2.45, 2.75) is 13.3 Å². The minimum absolute atomic E-state index is 0.278. The molecule has 5 rings (SSSR count). The number of hydrogen-bond donors (Lipinski definition) is 1. The van der Waals surface area contributed by atoms with Gasteiger partial charge in [-0.3, -0.25) is 4.79 Å². The van der Waals surface area contributed by atoms with Gasteiger partial charge in [-0.05, 0) is 37.3 Å². The molecule has 0 bridgehead atoms. The Labute approximate surface area is 165 Å². The molecule has 0 fully saturated rings. The van der Waals surface area contributed by atoms with Crippen molar-refractivity contribution in [3.8, 4) is 23.0 Å². The highest BCUT2D eigenvalue weighted by Crippen LogP contribution is 2.33. The van der Waals surface area contributed by atoms with Gasteiger partial charge < -0.3 is 23.7 Å². The van der Waals surface area contributed by atoms with E-state index in [4.69, 9.17) is 18.4 Å². The van der Waals surface area contributed by atoms with Crippen molar-refractivity contribution in [2.24, 2.45) is 0 Å². The fraction of sp³-hybridized carbons (Fsp3) is 0.190. The number of ether oxygens (including phenoxy) is 2. The van der Waals surface area contributed by atoms with Crippen LogP contribution in [0.1, 0.15) is 22.5 Å². The summed E-state index contributed by atoms with van der Waals surface area (Å²) >= 11 is 0. The molecule has 0 atom stereocenters. The van der Waals surface area contributed by atoms with Crippen LogP contribution in [0.15, 0.2) is 51.6 Å². The number of aromatic nitrogens is 2. The molecule has 0 unspecified atom stereocenters. The van der Waals surface area contributed by atoms with E-state index in [2.05, 4.69) is 15.5 Å². The Balaban J connectivity index is 1.52. The number of furan rings is 1. The van der Waals surface area contributed by atoms with Gasteiger partial charge in [-0.1, -0.05) is 5.16 Å². The van der Waals surface area contributed by atoms with Gasteiger partial charge in [0.15, 0.2) is 17.3 Å². The highest BCUT2D eigenvalue weighted by Gasteiger charge is 2.21. The summed E-state index contributed by atoms with van der Waals surface area (Å²) in [6, 6.07) is 10.5. The Bertz CT molecular complexity index is 1200. The van der Waals surface area contributed by atoms with Crippen molar-refractivity contribution in [3.63, 3.8) is 0 Å². The number of hydrogen-bond acceptors (Lipinski definition) is 7. The van der Waals surface area contributed by atoms with Crippen molar-refractivity contribution < 1.29 is 23.2 Å². The zero-order chi connectivity index (χ0) is 19.8. The van der Waals surface area contributed by atoms with Gasteiger partial charge in [0.2, 0.25) is 0 Å². The SMILES string of the molecule is Cc1noc2nc(-c3ccco3)cc(C(=O)Nc3ccc4c(c3)OCCCO4)c12. The van der Waals surface area contributed by atoms with Crippen molar-refractivity contribution in [2.75, 3.05) is 18.5 Å². The molecule has 1 aliphatic heterocycles. The second-order valence-corrected chi connectivity index (χ2v) is 6.65. The Morgan fingerprint density at radius 1 is 1.10 bits per heavy atom. The molecular formula is C21H17N3O5. The van der Waals surface area contributed by atoms with Crippen LogP contribution >= 0.6 is 0 Å². The third-order valence-electron chi connectivity index (χ3n) is 4.64. The van der Waals surface area contributed by atoms with Crippen LogP contribution in [-0.2, 0) is 0 Å². The molecule has 4 aromatic rings. The summed E-state index contributed by atoms with van der Waals surface area (Å²) in [5.41, 5.74) is 2.34. The number of nitrogens with zero attached hydrogens (tertiary/aromatic N) is 2. The van der Waals surface area contributed by atoms with E-state index in [1.54, 1.807) is 49.6 Å². The van der Waals surface area contributed by atoms with Gasteiger partial charge >= 0.3 is 0 Å². The maximum Gasteiger partial charge on any atom is 0.259 e. The number of benzene rings is 1. The molecule has 4 heterocycles. The molecule has 1 aromatic carbocycles. The predicted molar refractivity (Wildman–Crippen MR) is 104 cm³/mol. The molecule has 1 aliphatic rings. The van der Waals surface area contributed by atoms with Crippen LogP contribution in [0.4, 0.5) is 5.69 Å². The molecule has 29 heavy (non-hydrogen) atoms. The van der Waals surface area contributed by atoms with Gasteiger partial charge in [0, 0.05) is 18.2 Å². The fourth-order valence-corrected chi connectivity index (χ4v) is 3.26. The van der Waals surface area contributed by atoms with E-state index in [-0.39, 0.29) is 11.6 Å². The quantitative estimate of drug-likeness (QED) is 0.558. The minimum atomic E-state index is -0.314. The minimum Gasteiger partial charge on any atom is -0.490 e. The van der Waals surface area contributed by atoms with Crippen LogP contribution in [0.5, 0.6) is 11.5 Å². The first-order valence-electron chi connectivity index (χ1n) is 9.21. The van der Waals surface area contributed by atoms with Crippen LogP contribution in [0.25, 0.3) is 22.6 Å². The van der Waals surface area contributed by atoms with Gasteiger partial charge in [-0.25, -0.2) is 4.98 Å². The summed E-state index contributed by atoms with van der Waals surface area (Å²) in [5.74, 6) is 1.50. The van der Waals surface area contributed by atoms with Gasteiger partial charge in [-0.15, -0.1) is 0 Å². The fourth-order valence-electron chi connectivity index (χ4n) is 3.26. The van der Waals surface area contributed by atoms with E-state index in [1.807, 2.05) is 0 Å². The van der Waals surface area contributed by atoms with E-state index in [0.717, 1.165) is 6.42 Å². The molecule has 146 valence electrons. The maximum atomic E-state index is 13.1. The summed E-state index contributed by atoms with van der Waals surface area (Å²) in [6.07, 6.45) is 2.36. The lowest BCUT2D eigenvalue weighted by atomic mass is 10.1. The largest absolute Gasteiger partial charge is 0.490 e. The summed E-state index contributed by atoms with van der Waals surface area (Å²) in [6.45, 7) is 2.95. The maximum absolute atomic E-state index is 13.1. The monoisotopic (exact) mass is 391 g/mol. The summed E-state index contributed by atoms with van der Waals surface area (Å²) in [7, 11) is 0. The zero-order valence-corrected chi connectivity index (χ0v) is 15.6. The molecule has 0 radical (unpaired) electrons. The van der Waals surface area contributed by atoms with Crippen LogP contribution in [0.3, 0.4) is 0 Å². The third-order valence-corrected chi connectivity index (χ3v) is 4.64. The molecule has 8 heteroatoms. The number of pyridine rings is 1.